The monoisotopic (exact) mass is 319 g/mol. The number of hydrogen-bond acceptors (Lipinski definition) is 4. The molecule has 2 rings (SSSR count). The van der Waals surface area contributed by atoms with E-state index >= 15 is 0 Å². The van der Waals surface area contributed by atoms with Crippen LogP contribution in [0.3, 0.4) is 0 Å². The molecule has 2 aromatic rings. The Kier molecular flexibility index (Phi) is 4.74. The van der Waals surface area contributed by atoms with Crippen molar-refractivity contribution in [2.45, 2.75) is 4.90 Å². The molecule has 0 atom stereocenters. The molecule has 0 amide bonds. The lowest BCUT2D eigenvalue weighted by Gasteiger charge is -2.07. The quantitative estimate of drug-likeness (QED) is 0.287. The number of rotatable bonds is 5. The Balaban J connectivity index is 2.31. The van der Waals surface area contributed by atoms with Gasteiger partial charge in [0.05, 0.1) is 5.56 Å². The van der Waals surface area contributed by atoms with Gasteiger partial charge in [0.1, 0.15) is 4.90 Å². The number of nitrogens with two attached hydrogens (primary N) is 2. The van der Waals surface area contributed by atoms with Crippen molar-refractivity contribution in [1.29, 1.82) is 0 Å². The third-order valence-electron chi connectivity index (χ3n) is 2.56. The van der Waals surface area contributed by atoms with Crippen molar-refractivity contribution in [2.24, 2.45) is 16.6 Å². The molecule has 0 heterocycles. The highest BCUT2D eigenvalue weighted by Crippen LogP contribution is 2.21. The van der Waals surface area contributed by atoms with Crippen LogP contribution in [0.25, 0.3) is 0 Å². The molecule has 0 saturated carbocycles. The van der Waals surface area contributed by atoms with E-state index < -0.39 is 10.1 Å². The maximum Gasteiger partial charge on any atom is 0.339 e. The summed E-state index contributed by atoms with van der Waals surface area (Å²) in [6.07, 6.45) is 1.43. The van der Waals surface area contributed by atoms with Gasteiger partial charge in [-0.1, -0.05) is 30.3 Å². The van der Waals surface area contributed by atoms with Crippen molar-refractivity contribution in [3.05, 3.63) is 60.2 Å². The molecule has 0 aliphatic rings. The normalized spacial score (nSPS) is 11.3. The molecule has 0 unspecified atom stereocenters. The van der Waals surface area contributed by atoms with Crippen LogP contribution in [0.5, 0.6) is 5.75 Å². The topological polar surface area (TPSA) is 122 Å². The number of hydrazone groups is 1. The lowest BCUT2D eigenvalue weighted by Crippen LogP contribution is -2.63. The minimum atomic E-state index is -3.91. The van der Waals surface area contributed by atoms with Crippen molar-refractivity contribution < 1.29 is 17.7 Å². The molecular formula is C14H15N4O3S+. The fraction of sp³-hybridized carbons (Fsp3) is 0. The van der Waals surface area contributed by atoms with E-state index in [0.29, 0.717) is 5.56 Å². The van der Waals surface area contributed by atoms with E-state index in [9.17, 15) is 8.42 Å². The summed E-state index contributed by atoms with van der Waals surface area (Å²) in [4.78, 5) is 0.0713. The number of nitrogens with zero attached hydrogens (tertiary/aromatic N) is 1. The molecule has 0 saturated heterocycles. The fourth-order valence-electron chi connectivity index (χ4n) is 1.61. The van der Waals surface area contributed by atoms with Crippen molar-refractivity contribution in [3.63, 3.8) is 0 Å². The zero-order chi connectivity index (χ0) is 16.0. The molecule has 0 fully saturated rings. The maximum atomic E-state index is 12.2. The third kappa shape index (κ3) is 4.06. The van der Waals surface area contributed by atoms with Gasteiger partial charge in [0, 0.05) is 5.10 Å². The average molecular weight is 319 g/mol. The lowest BCUT2D eigenvalue weighted by molar-refractivity contribution is -0.456. The Morgan fingerprint density at radius 1 is 1.05 bits per heavy atom. The SMILES string of the molecule is NC(N)=N/[NH+]=C\c1ccccc1OS(=O)(=O)c1ccccc1. The van der Waals surface area contributed by atoms with E-state index in [1.807, 2.05) is 0 Å². The predicted molar refractivity (Wildman–Crippen MR) is 82.6 cm³/mol. The van der Waals surface area contributed by atoms with Crippen LogP contribution in [-0.4, -0.2) is 20.6 Å². The molecule has 0 aliphatic carbocycles. The van der Waals surface area contributed by atoms with Crippen LogP contribution >= 0.6 is 0 Å². The Morgan fingerprint density at radius 2 is 1.68 bits per heavy atom. The molecule has 22 heavy (non-hydrogen) atoms. The number of guanidine groups is 1. The van der Waals surface area contributed by atoms with Crippen LogP contribution in [0.2, 0.25) is 0 Å². The molecule has 0 aromatic heterocycles. The Morgan fingerprint density at radius 3 is 2.36 bits per heavy atom. The standard InChI is InChI=1S/C14H14N4O3S/c15-14(16)18-17-10-11-6-4-5-9-13(11)21-22(19,20)12-7-2-1-3-8-12/h1-10H,(H4,15,16,18)/p+1/b17-10-. The highest BCUT2D eigenvalue weighted by atomic mass is 32.2. The summed E-state index contributed by atoms with van der Waals surface area (Å²) >= 11 is 0. The van der Waals surface area contributed by atoms with Crippen LogP contribution in [0.15, 0.2) is 64.6 Å². The van der Waals surface area contributed by atoms with E-state index in [0.717, 1.165) is 0 Å². The molecule has 5 N–H and O–H groups in total. The van der Waals surface area contributed by atoms with Gasteiger partial charge in [-0.25, -0.2) is 0 Å². The molecule has 0 bridgehead atoms. The number of hydrogen-bond donors (Lipinski definition) is 3. The second-order valence-electron chi connectivity index (χ2n) is 4.20. The first-order valence-corrected chi connectivity index (χ1v) is 7.66. The van der Waals surface area contributed by atoms with Crippen molar-refractivity contribution >= 4 is 22.3 Å². The first-order chi connectivity index (χ1) is 10.5. The zero-order valence-electron chi connectivity index (χ0n) is 11.5. The minimum absolute atomic E-state index is 0.0713. The summed E-state index contributed by atoms with van der Waals surface area (Å²) in [5.41, 5.74) is 10.9. The van der Waals surface area contributed by atoms with Crippen LogP contribution in [0.1, 0.15) is 5.56 Å². The largest absolute Gasteiger partial charge is 0.378 e. The second kappa shape index (κ2) is 6.72. The van der Waals surface area contributed by atoms with Crippen LogP contribution in [0, 0.1) is 0 Å². The van der Waals surface area contributed by atoms with E-state index in [1.54, 1.807) is 36.4 Å². The summed E-state index contributed by atoms with van der Waals surface area (Å²) in [6.45, 7) is 0. The lowest BCUT2D eigenvalue weighted by atomic mass is 10.2. The van der Waals surface area contributed by atoms with Gasteiger partial charge in [-0.2, -0.15) is 8.42 Å². The molecule has 7 nitrogen and oxygen atoms in total. The van der Waals surface area contributed by atoms with E-state index in [1.165, 1.54) is 24.4 Å². The molecule has 114 valence electrons. The summed E-state index contributed by atoms with van der Waals surface area (Å²) < 4.78 is 29.6. The molecule has 0 spiro atoms. The zero-order valence-corrected chi connectivity index (χ0v) is 12.3. The summed E-state index contributed by atoms with van der Waals surface area (Å²) in [5.74, 6) is 0.0104. The number of para-hydroxylation sites is 1. The molecule has 0 aliphatic heterocycles. The van der Waals surface area contributed by atoms with E-state index in [4.69, 9.17) is 15.7 Å². The van der Waals surface area contributed by atoms with Gasteiger partial charge >= 0.3 is 10.1 Å². The Bertz CT molecular complexity index is 798. The average Bonchev–Trinajstić information content (AvgIpc) is 2.49. The molecule has 0 radical (unpaired) electrons. The van der Waals surface area contributed by atoms with Gasteiger partial charge in [0.25, 0.3) is 5.96 Å². The molecule has 8 heteroatoms. The maximum absolute atomic E-state index is 12.2. The number of benzene rings is 2. The van der Waals surface area contributed by atoms with E-state index in [-0.39, 0.29) is 16.6 Å². The van der Waals surface area contributed by atoms with Crippen LogP contribution < -0.4 is 20.8 Å². The van der Waals surface area contributed by atoms with Crippen molar-refractivity contribution in [3.8, 4) is 5.75 Å². The van der Waals surface area contributed by atoms with Gasteiger partial charge in [0.2, 0.25) is 6.21 Å². The summed E-state index contributed by atoms with van der Waals surface area (Å²) in [6, 6.07) is 14.5. The van der Waals surface area contributed by atoms with Crippen molar-refractivity contribution in [2.75, 3.05) is 0 Å². The Hall–Kier alpha value is -2.87. The summed E-state index contributed by atoms with van der Waals surface area (Å²) in [7, 11) is -3.91. The van der Waals surface area contributed by atoms with Gasteiger partial charge in [-0.15, -0.1) is 5.10 Å². The number of nitrogens with one attached hydrogen (secondary N) is 1. The highest BCUT2D eigenvalue weighted by molar-refractivity contribution is 7.87. The van der Waals surface area contributed by atoms with Crippen molar-refractivity contribution in [1.82, 2.24) is 0 Å². The van der Waals surface area contributed by atoms with Gasteiger partial charge < -0.3 is 15.7 Å². The van der Waals surface area contributed by atoms with Gasteiger partial charge in [-0.05, 0) is 24.3 Å². The summed E-state index contributed by atoms with van der Waals surface area (Å²) in [5, 5.41) is 6.08. The second-order valence-corrected chi connectivity index (χ2v) is 5.74. The Labute approximate surface area is 128 Å². The predicted octanol–water partition coefficient (Wildman–Crippen LogP) is -0.858. The van der Waals surface area contributed by atoms with Gasteiger partial charge in [-0.3, -0.25) is 0 Å². The van der Waals surface area contributed by atoms with E-state index in [2.05, 4.69) is 10.2 Å². The van der Waals surface area contributed by atoms with Crippen LogP contribution in [-0.2, 0) is 10.1 Å². The molecule has 2 aromatic carbocycles. The highest BCUT2D eigenvalue weighted by Gasteiger charge is 2.18. The van der Waals surface area contributed by atoms with Crippen LogP contribution in [0.4, 0.5) is 0 Å². The first-order valence-electron chi connectivity index (χ1n) is 6.25. The third-order valence-corrected chi connectivity index (χ3v) is 3.81. The molecular weight excluding hydrogens is 304 g/mol. The minimum Gasteiger partial charge on any atom is -0.378 e. The van der Waals surface area contributed by atoms with Gasteiger partial charge in [0.15, 0.2) is 5.75 Å². The first kappa shape index (κ1) is 15.5. The smallest absolute Gasteiger partial charge is 0.339 e. The fourth-order valence-corrected chi connectivity index (χ4v) is 2.58.